The van der Waals surface area contributed by atoms with E-state index in [9.17, 15) is 23.2 Å². The molecule has 8 heteroatoms. The standard InChI is InChI=1S/C15H18F2N2O4/c1-19(7-3-4-14(21)23-2)13(20)9-18-15(22)11-6-5-10(16)8-12(11)17/h5-6,8H,3-4,7,9H2,1-2H3,(H,18,22). The van der Waals surface area contributed by atoms with Crippen LogP contribution in [0.2, 0.25) is 0 Å². The summed E-state index contributed by atoms with van der Waals surface area (Å²) in [5.74, 6) is -3.36. The van der Waals surface area contributed by atoms with Crippen molar-refractivity contribution in [3.8, 4) is 0 Å². The topological polar surface area (TPSA) is 75.7 Å². The molecule has 6 nitrogen and oxygen atoms in total. The number of likely N-dealkylation sites (N-methyl/N-ethyl adjacent to an activating group) is 1. The monoisotopic (exact) mass is 328 g/mol. The SMILES string of the molecule is COC(=O)CCCN(C)C(=O)CNC(=O)c1ccc(F)cc1F. The largest absolute Gasteiger partial charge is 0.469 e. The van der Waals surface area contributed by atoms with Gasteiger partial charge in [0.1, 0.15) is 11.6 Å². The zero-order chi connectivity index (χ0) is 17.4. The molecule has 1 rings (SSSR count). The molecule has 0 saturated heterocycles. The quantitative estimate of drug-likeness (QED) is 0.761. The summed E-state index contributed by atoms with van der Waals surface area (Å²) in [5.41, 5.74) is -0.340. The van der Waals surface area contributed by atoms with Gasteiger partial charge < -0.3 is 15.0 Å². The fraction of sp³-hybridized carbons (Fsp3) is 0.400. The third-order valence-corrected chi connectivity index (χ3v) is 3.10. The Morgan fingerprint density at radius 3 is 2.57 bits per heavy atom. The number of ether oxygens (including phenoxy) is 1. The first-order chi connectivity index (χ1) is 10.8. The summed E-state index contributed by atoms with van der Waals surface area (Å²) in [6, 6.07) is 2.55. The average molecular weight is 328 g/mol. The lowest BCUT2D eigenvalue weighted by atomic mass is 10.2. The van der Waals surface area contributed by atoms with E-state index in [1.807, 2.05) is 0 Å². The minimum absolute atomic E-state index is 0.182. The van der Waals surface area contributed by atoms with Crippen LogP contribution in [-0.4, -0.2) is 49.9 Å². The van der Waals surface area contributed by atoms with Crippen molar-refractivity contribution in [2.75, 3.05) is 27.2 Å². The molecule has 0 aliphatic rings. The maximum Gasteiger partial charge on any atom is 0.305 e. The molecule has 23 heavy (non-hydrogen) atoms. The number of carbonyl (C=O) groups is 3. The van der Waals surface area contributed by atoms with Crippen molar-refractivity contribution in [2.24, 2.45) is 0 Å². The van der Waals surface area contributed by atoms with Crippen molar-refractivity contribution in [1.29, 1.82) is 0 Å². The Kier molecular flexibility index (Phi) is 7.11. The normalized spacial score (nSPS) is 10.1. The van der Waals surface area contributed by atoms with Crippen LogP contribution >= 0.6 is 0 Å². The number of hydrogen-bond acceptors (Lipinski definition) is 4. The first kappa shape index (κ1) is 18.5. The first-order valence-electron chi connectivity index (χ1n) is 6.89. The van der Waals surface area contributed by atoms with Crippen molar-refractivity contribution in [2.45, 2.75) is 12.8 Å². The number of benzene rings is 1. The molecule has 0 aromatic heterocycles. The molecule has 0 unspecified atom stereocenters. The molecule has 0 spiro atoms. The Hall–Kier alpha value is -2.51. The summed E-state index contributed by atoms with van der Waals surface area (Å²) in [6.07, 6.45) is 0.608. The third kappa shape index (κ3) is 6.01. The molecule has 0 bridgehead atoms. The summed E-state index contributed by atoms with van der Waals surface area (Å²) in [5, 5.41) is 2.27. The number of nitrogens with one attached hydrogen (secondary N) is 1. The van der Waals surface area contributed by atoms with Gasteiger partial charge in [0.05, 0.1) is 19.2 Å². The molecule has 0 aliphatic heterocycles. The average Bonchev–Trinajstić information content (AvgIpc) is 2.51. The molecular weight excluding hydrogens is 310 g/mol. The molecule has 0 atom stereocenters. The fourth-order valence-electron chi connectivity index (χ4n) is 1.75. The van der Waals surface area contributed by atoms with E-state index in [2.05, 4.69) is 10.1 Å². The second-order valence-electron chi connectivity index (χ2n) is 4.80. The van der Waals surface area contributed by atoms with Crippen LogP contribution in [0, 0.1) is 11.6 Å². The van der Waals surface area contributed by atoms with Gasteiger partial charge in [-0.25, -0.2) is 8.78 Å². The van der Waals surface area contributed by atoms with Crippen molar-refractivity contribution in [3.63, 3.8) is 0 Å². The first-order valence-corrected chi connectivity index (χ1v) is 6.89. The molecule has 126 valence electrons. The Morgan fingerprint density at radius 1 is 1.26 bits per heavy atom. The van der Waals surface area contributed by atoms with E-state index in [1.54, 1.807) is 0 Å². The van der Waals surface area contributed by atoms with E-state index < -0.39 is 23.4 Å². The van der Waals surface area contributed by atoms with Gasteiger partial charge in [0.15, 0.2) is 0 Å². The lowest BCUT2D eigenvalue weighted by Gasteiger charge is -2.17. The number of esters is 1. The highest BCUT2D eigenvalue weighted by atomic mass is 19.1. The highest BCUT2D eigenvalue weighted by Crippen LogP contribution is 2.09. The van der Waals surface area contributed by atoms with Crippen molar-refractivity contribution in [1.82, 2.24) is 10.2 Å². The summed E-state index contributed by atoms with van der Waals surface area (Å²) in [4.78, 5) is 35.8. The zero-order valence-corrected chi connectivity index (χ0v) is 12.9. The van der Waals surface area contributed by atoms with Crippen LogP contribution in [0.4, 0.5) is 8.78 Å². The summed E-state index contributed by atoms with van der Waals surface area (Å²) < 4.78 is 30.7. The molecule has 0 saturated carbocycles. The van der Waals surface area contributed by atoms with Crippen LogP contribution in [0.25, 0.3) is 0 Å². The highest BCUT2D eigenvalue weighted by molar-refractivity contribution is 5.96. The van der Waals surface area contributed by atoms with Gasteiger partial charge in [0.2, 0.25) is 5.91 Å². The second kappa shape index (κ2) is 8.82. The highest BCUT2D eigenvalue weighted by Gasteiger charge is 2.15. The molecule has 0 radical (unpaired) electrons. The Balaban J connectivity index is 2.42. The van der Waals surface area contributed by atoms with Gasteiger partial charge in [-0.05, 0) is 18.6 Å². The second-order valence-corrected chi connectivity index (χ2v) is 4.80. The molecule has 0 aliphatic carbocycles. The lowest BCUT2D eigenvalue weighted by molar-refractivity contribution is -0.141. The molecular formula is C15H18F2N2O4. The van der Waals surface area contributed by atoms with E-state index >= 15 is 0 Å². The maximum absolute atomic E-state index is 13.4. The number of halogens is 2. The Bertz CT molecular complexity index is 593. The third-order valence-electron chi connectivity index (χ3n) is 3.10. The predicted octanol–water partition coefficient (Wildman–Crippen LogP) is 1.11. The molecule has 0 heterocycles. The van der Waals surface area contributed by atoms with Crippen LogP contribution < -0.4 is 5.32 Å². The number of hydrogen-bond donors (Lipinski definition) is 1. The van der Waals surface area contributed by atoms with Gasteiger partial charge in [-0.2, -0.15) is 0 Å². The van der Waals surface area contributed by atoms with E-state index in [4.69, 9.17) is 0 Å². The summed E-state index contributed by atoms with van der Waals surface area (Å²) in [6.45, 7) is -0.0148. The van der Waals surface area contributed by atoms with Crippen LogP contribution in [0.3, 0.4) is 0 Å². The van der Waals surface area contributed by atoms with Crippen LogP contribution in [0.15, 0.2) is 18.2 Å². The predicted molar refractivity (Wildman–Crippen MR) is 77.6 cm³/mol. The molecule has 2 amide bonds. The van der Waals surface area contributed by atoms with E-state index in [-0.39, 0.29) is 24.5 Å². The molecule has 1 aromatic carbocycles. The number of amides is 2. The van der Waals surface area contributed by atoms with Crippen LogP contribution in [-0.2, 0) is 14.3 Å². The number of nitrogens with zero attached hydrogens (tertiary/aromatic N) is 1. The minimum atomic E-state index is -0.999. The summed E-state index contributed by atoms with van der Waals surface area (Å²) >= 11 is 0. The van der Waals surface area contributed by atoms with E-state index in [0.717, 1.165) is 12.1 Å². The number of methoxy groups -OCH3 is 1. The molecule has 0 fully saturated rings. The zero-order valence-electron chi connectivity index (χ0n) is 12.9. The number of carbonyl (C=O) groups excluding carboxylic acids is 3. The van der Waals surface area contributed by atoms with Crippen molar-refractivity contribution in [3.05, 3.63) is 35.4 Å². The molecule has 1 aromatic rings. The van der Waals surface area contributed by atoms with Gasteiger partial charge in [0.25, 0.3) is 5.91 Å². The van der Waals surface area contributed by atoms with Crippen LogP contribution in [0.1, 0.15) is 23.2 Å². The smallest absolute Gasteiger partial charge is 0.305 e. The molecule has 1 N–H and O–H groups in total. The fourth-order valence-corrected chi connectivity index (χ4v) is 1.75. The summed E-state index contributed by atoms with van der Waals surface area (Å²) in [7, 11) is 2.80. The van der Waals surface area contributed by atoms with Gasteiger partial charge >= 0.3 is 5.97 Å². The van der Waals surface area contributed by atoms with Gasteiger partial charge in [0, 0.05) is 26.1 Å². The van der Waals surface area contributed by atoms with Crippen molar-refractivity contribution < 1.29 is 27.9 Å². The Labute approximate surface area is 132 Å². The van der Waals surface area contributed by atoms with Gasteiger partial charge in [-0.15, -0.1) is 0 Å². The van der Waals surface area contributed by atoms with E-state index in [0.29, 0.717) is 19.0 Å². The van der Waals surface area contributed by atoms with Gasteiger partial charge in [-0.1, -0.05) is 0 Å². The van der Waals surface area contributed by atoms with Gasteiger partial charge in [-0.3, -0.25) is 14.4 Å². The van der Waals surface area contributed by atoms with Crippen molar-refractivity contribution >= 4 is 17.8 Å². The van der Waals surface area contributed by atoms with Crippen LogP contribution in [0.5, 0.6) is 0 Å². The lowest BCUT2D eigenvalue weighted by Crippen LogP contribution is -2.38. The minimum Gasteiger partial charge on any atom is -0.469 e. The number of rotatable bonds is 7. The Morgan fingerprint density at radius 2 is 1.96 bits per heavy atom. The van der Waals surface area contributed by atoms with E-state index in [1.165, 1.54) is 19.1 Å². The maximum atomic E-state index is 13.4.